The van der Waals surface area contributed by atoms with Crippen LogP contribution in [-0.2, 0) is 13.5 Å². The highest BCUT2D eigenvalue weighted by Crippen LogP contribution is 2.26. The summed E-state index contributed by atoms with van der Waals surface area (Å²) in [7, 11) is 2.19. The molecule has 3 nitrogen and oxygen atoms in total. The van der Waals surface area contributed by atoms with Crippen LogP contribution in [0.1, 0.15) is 25.5 Å². The molecule has 0 N–H and O–H groups in total. The number of aryl methyl sites for hydroxylation is 1. The van der Waals surface area contributed by atoms with Crippen LogP contribution in [0.3, 0.4) is 0 Å². The normalized spacial score (nSPS) is 18.5. The lowest BCUT2D eigenvalue weighted by Gasteiger charge is -2.20. The van der Waals surface area contributed by atoms with Crippen LogP contribution >= 0.6 is 0 Å². The van der Waals surface area contributed by atoms with Crippen molar-refractivity contribution in [1.82, 2.24) is 14.5 Å². The molecule has 1 aliphatic rings. The molecule has 1 saturated heterocycles. The third-order valence-corrected chi connectivity index (χ3v) is 5.49. The second kappa shape index (κ2) is 6.40. The lowest BCUT2D eigenvalue weighted by Crippen LogP contribution is -2.29. The van der Waals surface area contributed by atoms with Gasteiger partial charge in [-0.15, -0.1) is 0 Å². The number of aromatic nitrogens is 2. The minimum atomic E-state index is 0.747. The van der Waals surface area contributed by atoms with Crippen molar-refractivity contribution in [2.24, 2.45) is 7.05 Å². The number of pyridine rings is 1. The third kappa shape index (κ3) is 2.84. The largest absolute Gasteiger partial charge is 0.348 e. The van der Waals surface area contributed by atoms with Crippen molar-refractivity contribution < 1.29 is 0 Å². The summed E-state index contributed by atoms with van der Waals surface area (Å²) in [5.74, 6) is 0. The molecule has 0 radical (unpaired) electrons. The molecule has 3 heterocycles. The number of hydrogen-bond donors (Lipinski definition) is 0. The molecule has 1 fully saturated rings. The number of likely N-dealkylation sites (tertiary alicyclic amines) is 1. The minimum Gasteiger partial charge on any atom is -0.348 e. The van der Waals surface area contributed by atoms with Gasteiger partial charge in [-0.05, 0) is 55.5 Å². The number of benzene rings is 1. The van der Waals surface area contributed by atoms with Crippen LogP contribution in [0, 0.1) is 0 Å². The Hall–Kier alpha value is -2.13. The summed E-state index contributed by atoms with van der Waals surface area (Å²) < 4.78 is 2.36. The fourth-order valence-corrected chi connectivity index (χ4v) is 3.92. The van der Waals surface area contributed by atoms with Gasteiger partial charge in [0.25, 0.3) is 0 Å². The van der Waals surface area contributed by atoms with Crippen LogP contribution in [0.15, 0.2) is 48.8 Å². The molecule has 1 aliphatic heterocycles. The summed E-state index contributed by atoms with van der Waals surface area (Å²) in [6.07, 6.45) is 7.58. The summed E-state index contributed by atoms with van der Waals surface area (Å²) in [6.45, 7) is 4.78. The fraction of sp³-hybridized carbons (Fsp3) is 0.381. The van der Waals surface area contributed by atoms with Crippen molar-refractivity contribution in [3.63, 3.8) is 0 Å². The number of fused-ring (bicyclic) bond motifs is 1. The van der Waals surface area contributed by atoms with E-state index in [4.69, 9.17) is 0 Å². The van der Waals surface area contributed by atoms with Crippen molar-refractivity contribution in [3.05, 3.63) is 54.5 Å². The predicted octanol–water partition coefficient (Wildman–Crippen LogP) is 4.27. The van der Waals surface area contributed by atoms with E-state index >= 15 is 0 Å². The van der Waals surface area contributed by atoms with E-state index in [2.05, 4.69) is 58.8 Å². The quantitative estimate of drug-likeness (QED) is 0.716. The first-order chi connectivity index (χ1) is 11.7. The summed E-state index contributed by atoms with van der Waals surface area (Å²) in [5, 5.41) is 1.33. The summed E-state index contributed by atoms with van der Waals surface area (Å²) in [5.41, 5.74) is 5.14. The molecule has 0 aliphatic carbocycles. The molecular weight excluding hydrogens is 294 g/mol. The lowest BCUT2D eigenvalue weighted by molar-refractivity contribution is 0.271. The van der Waals surface area contributed by atoms with Crippen molar-refractivity contribution in [2.45, 2.75) is 32.2 Å². The highest BCUT2D eigenvalue weighted by Gasteiger charge is 2.20. The Bertz CT molecular complexity index is 835. The molecule has 24 heavy (non-hydrogen) atoms. The predicted molar refractivity (Wildman–Crippen MR) is 100 cm³/mol. The van der Waals surface area contributed by atoms with E-state index < -0.39 is 0 Å². The average Bonchev–Trinajstić information content (AvgIpc) is 3.17. The van der Waals surface area contributed by atoms with E-state index in [-0.39, 0.29) is 0 Å². The van der Waals surface area contributed by atoms with Gasteiger partial charge in [0.15, 0.2) is 0 Å². The van der Waals surface area contributed by atoms with Crippen LogP contribution in [0.4, 0.5) is 0 Å². The molecule has 3 aromatic rings. The van der Waals surface area contributed by atoms with E-state index in [0.29, 0.717) is 0 Å². The average molecular weight is 319 g/mol. The highest BCUT2D eigenvalue weighted by molar-refractivity contribution is 5.86. The molecule has 3 heteroatoms. The van der Waals surface area contributed by atoms with Gasteiger partial charge in [0.2, 0.25) is 0 Å². The zero-order valence-electron chi connectivity index (χ0n) is 14.6. The molecule has 2 aromatic heterocycles. The smallest absolute Gasteiger partial charge is 0.0486 e. The molecule has 4 rings (SSSR count). The van der Waals surface area contributed by atoms with Gasteiger partial charge in [-0.3, -0.25) is 4.98 Å². The van der Waals surface area contributed by atoms with Crippen molar-refractivity contribution in [3.8, 4) is 11.1 Å². The maximum Gasteiger partial charge on any atom is 0.0486 e. The van der Waals surface area contributed by atoms with Gasteiger partial charge < -0.3 is 9.47 Å². The van der Waals surface area contributed by atoms with Crippen molar-refractivity contribution in [2.75, 3.05) is 13.1 Å². The molecule has 0 saturated carbocycles. The molecular formula is C21H25N3. The van der Waals surface area contributed by atoms with E-state index in [1.54, 1.807) is 0 Å². The maximum absolute atomic E-state index is 4.24. The SMILES string of the molecule is C[C@@H]1CCCN1CCc1cc2ccc(-c3cccnc3)cc2n1C. The van der Waals surface area contributed by atoms with Crippen molar-refractivity contribution >= 4 is 10.9 Å². The van der Waals surface area contributed by atoms with Crippen LogP contribution in [-0.4, -0.2) is 33.6 Å². The van der Waals surface area contributed by atoms with E-state index in [1.165, 1.54) is 53.7 Å². The van der Waals surface area contributed by atoms with Crippen LogP contribution in [0.5, 0.6) is 0 Å². The molecule has 124 valence electrons. The van der Waals surface area contributed by atoms with Crippen molar-refractivity contribution in [1.29, 1.82) is 0 Å². The zero-order chi connectivity index (χ0) is 16.5. The summed E-state index contributed by atoms with van der Waals surface area (Å²) >= 11 is 0. The molecule has 1 aromatic carbocycles. The zero-order valence-corrected chi connectivity index (χ0v) is 14.6. The Morgan fingerprint density at radius 2 is 2.08 bits per heavy atom. The Labute approximate surface area is 143 Å². The van der Waals surface area contributed by atoms with Crippen LogP contribution in [0.2, 0.25) is 0 Å². The molecule has 1 atom stereocenters. The number of hydrogen-bond acceptors (Lipinski definition) is 2. The first kappa shape index (κ1) is 15.4. The maximum atomic E-state index is 4.24. The highest BCUT2D eigenvalue weighted by atomic mass is 15.2. The van der Waals surface area contributed by atoms with Gasteiger partial charge >= 0.3 is 0 Å². The van der Waals surface area contributed by atoms with Gasteiger partial charge in [0.1, 0.15) is 0 Å². The van der Waals surface area contributed by atoms with Gasteiger partial charge in [-0.25, -0.2) is 0 Å². The first-order valence-electron chi connectivity index (χ1n) is 8.95. The van der Waals surface area contributed by atoms with Gasteiger partial charge in [0.05, 0.1) is 0 Å². The second-order valence-electron chi connectivity index (χ2n) is 6.99. The third-order valence-electron chi connectivity index (χ3n) is 5.49. The Morgan fingerprint density at radius 3 is 2.83 bits per heavy atom. The molecule has 0 unspecified atom stereocenters. The monoisotopic (exact) mass is 319 g/mol. The van der Waals surface area contributed by atoms with Crippen LogP contribution < -0.4 is 0 Å². The van der Waals surface area contributed by atoms with E-state index in [1.807, 2.05) is 18.5 Å². The van der Waals surface area contributed by atoms with Gasteiger partial charge in [-0.1, -0.05) is 18.2 Å². The van der Waals surface area contributed by atoms with Gasteiger partial charge in [0, 0.05) is 55.2 Å². The number of nitrogens with zero attached hydrogens (tertiary/aromatic N) is 3. The summed E-state index contributed by atoms with van der Waals surface area (Å²) in [4.78, 5) is 6.86. The second-order valence-corrected chi connectivity index (χ2v) is 6.99. The first-order valence-corrected chi connectivity index (χ1v) is 8.95. The van der Waals surface area contributed by atoms with Crippen LogP contribution in [0.25, 0.3) is 22.0 Å². The lowest BCUT2D eigenvalue weighted by atomic mass is 10.1. The molecule has 0 bridgehead atoms. The molecule has 0 spiro atoms. The Morgan fingerprint density at radius 1 is 1.17 bits per heavy atom. The number of rotatable bonds is 4. The fourth-order valence-electron chi connectivity index (χ4n) is 3.92. The molecule has 0 amide bonds. The van der Waals surface area contributed by atoms with E-state index in [0.717, 1.165) is 12.5 Å². The van der Waals surface area contributed by atoms with Gasteiger partial charge in [-0.2, -0.15) is 0 Å². The topological polar surface area (TPSA) is 21.1 Å². The summed E-state index contributed by atoms with van der Waals surface area (Å²) in [6, 6.07) is 13.9. The van der Waals surface area contributed by atoms with E-state index in [9.17, 15) is 0 Å². The Kier molecular flexibility index (Phi) is 4.11. The standard InChI is InChI=1S/C21H25N3/c1-16-5-4-11-24(16)12-9-20-13-18-8-7-17(14-21(18)23(20)2)19-6-3-10-22-15-19/h3,6-8,10,13-16H,4-5,9,11-12H2,1-2H3/t16-/m1/s1. The Balaban J connectivity index is 1.60. The minimum absolute atomic E-state index is 0.747.